The third kappa shape index (κ3) is 5.49. The van der Waals surface area contributed by atoms with Crippen LogP contribution in [-0.2, 0) is 4.79 Å². The van der Waals surface area contributed by atoms with Crippen LogP contribution < -0.4 is 10.1 Å². The lowest BCUT2D eigenvalue weighted by atomic mass is 10.0. The maximum absolute atomic E-state index is 11.1. The van der Waals surface area contributed by atoms with E-state index in [-0.39, 0.29) is 12.6 Å². The molecule has 0 aromatic heterocycles. The van der Waals surface area contributed by atoms with Crippen molar-refractivity contribution in [2.75, 3.05) is 52.9 Å². The smallest absolute Gasteiger partial charge is 0.317 e. The molecule has 1 aliphatic heterocycles. The molecule has 0 saturated carbocycles. The second kappa shape index (κ2) is 8.86. The van der Waals surface area contributed by atoms with Crippen LogP contribution in [0.2, 0.25) is 0 Å². The van der Waals surface area contributed by atoms with Crippen molar-refractivity contribution in [3.8, 4) is 5.75 Å². The summed E-state index contributed by atoms with van der Waals surface area (Å²) < 4.78 is 5.49. The minimum absolute atomic E-state index is 0.0317. The number of rotatable bonds is 8. The molecule has 0 amide bonds. The summed E-state index contributed by atoms with van der Waals surface area (Å²) in [4.78, 5) is 15.4. The Labute approximate surface area is 138 Å². The minimum Gasteiger partial charge on any atom is -0.494 e. The van der Waals surface area contributed by atoms with Gasteiger partial charge >= 0.3 is 5.97 Å². The average Bonchev–Trinajstić information content (AvgIpc) is 2.54. The van der Waals surface area contributed by atoms with Crippen molar-refractivity contribution in [3.63, 3.8) is 0 Å². The van der Waals surface area contributed by atoms with Gasteiger partial charge in [0.15, 0.2) is 0 Å². The highest BCUT2D eigenvalue weighted by Crippen LogP contribution is 2.23. The Bertz CT molecular complexity index is 486. The molecule has 2 rings (SSSR count). The summed E-state index contributed by atoms with van der Waals surface area (Å²) in [5, 5.41) is 12.5. The van der Waals surface area contributed by atoms with Crippen LogP contribution in [0.3, 0.4) is 0 Å². The molecule has 1 unspecified atom stereocenters. The number of carboxylic acids is 1. The number of benzene rings is 1. The van der Waals surface area contributed by atoms with E-state index in [0.29, 0.717) is 6.61 Å². The first kappa shape index (κ1) is 17.7. The normalized spacial score (nSPS) is 17.2. The van der Waals surface area contributed by atoms with E-state index in [2.05, 4.69) is 10.2 Å². The summed E-state index contributed by atoms with van der Waals surface area (Å²) in [6, 6.07) is 8.04. The highest BCUT2D eigenvalue weighted by molar-refractivity contribution is 5.69. The Kier molecular flexibility index (Phi) is 6.83. The molecule has 1 aliphatic rings. The van der Waals surface area contributed by atoms with Crippen molar-refractivity contribution in [2.24, 2.45) is 0 Å². The van der Waals surface area contributed by atoms with E-state index in [1.54, 1.807) is 0 Å². The van der Waals surface area contributed by atoms with Crippen molar-refractivity contribution < 1.29 is 14.6 Å². The summed E-state index contributed by atoms with van der Waals surface area (Å²) in [5.74, 6) is 0.0433. The number of hydrogen-bond acceptors (Lipinski definition) is 5. The standard InChI is InChI=1S/C17H27N3O3/c1-3-23-15-6-4-14(5-7-15)16(19(2)13-17(21)22)12-20-10-8-18-9-11-20/h4-7,16,18H,3,8-13H2,1-2H3,(H,21,22). The third-order valence-electron chi connectivity index (χ3n) is 4.13. The van der Waals surface area contributed by atoms with Crippen LogP contribution in [-0.4, -0.2) is 73.8 Å². The fourth-order valence-corrected chi connectivity index (χ4v) is 2.91. The van der Waals surface area contributed by atoms with E-state index >= 15 is 0 Å². The summed E-state index contributed by atoms with van der Waals surface area (Å²) >= 11 is 0. The number of hydrogen-bond donors (Lipinski definition) is 2. The van der Waals surface area contributed by atoms with Gasteiger partial charge < -0.3 is 15.2 Å². The van der Waals surface area contributed by atoms with Gasteiger partial charge in [0.25, 0.3) is 0 Å². The fraction of sp³-hybridized carbons (Fsp3) is 0.588. The minimum atomic E-state index is -0.802. The molecule has 2 N–H and O–H groups in total. The number of carbonyl (C=O) groups is 1. The monoisotopic (exact) mass is 321 g/mol. The summed E-state index contributed by atoms with van der Waals surface area (Å²) in [7, 11) is 1.87. The third-order valence-corrected chi connectivity index (χ3v) is 4.13. The number of piperazine rings is 1. The zero-order valence-corrected chi connectivity index (χ0v) is 14.0. The van der Waals surface area contributed by atoms with Crippen LogP contribution in [0, 0.1) is 0 Å². The second-order valence-corrected chi connectivity index (χ2v) is 5.88. The van der Waals surface area contributed by atoms with Gasteiger partial charge in [-0.3, -0.25) is 14.6 Å². The van der Waals surface area contributed by atoms with Gasteiger partial charge in [0, 0.05) is 38.8 Å². The molecule has 0 spiro atoms. The second-order valence-electron chi connectivity index (χ2n) is 5.88. The van der Waals surface area contributed by atoms with E-state index in [9.17, 15) is 4.79 Å². The van der Waals surface area contributed by atoms with Crippen molar-refractivity contribution in [1.82, 2.24) is 15.1 Å². The number of aliphatic carboxylic acids is 1. The first-order chi connectivity index (χ1) is 11.1. The Morgan fingerprint density at radius 2 is 2.00 bits per heavy atom. The van der Waals surface area contributed by atoms with Crippen LogP contribution in [0.15, 0.2) is 24.3 Å². The molecule has 0 aliphatic carbocycles. The van der Waals surface area contributed by atoms with Crippen LogP contribution in [0.1, 0.15) is 18.5 Å². The molecule has 1 atom stereocenters. The number of ether oxygens (including phenoxy) is 1. The topological polar surface area (TPSA) is 65.0 Å². The average molecular weight is 321 g/mol. The van der Waals surface area contributed by atoms with E-state index < -0.39 is 5.97 Å². The predicted octanol–water partition coefficient (Wildman–Crippen LogP) is 1.05. The summed E-state index contributed by atoms with van der Waals surface area (Å²) in [5.41, 5.74) is 1.12. The first-order valence-corrected chi connectivity index (χ1v) is 8.18. The number of nitrogens with one attached hydrogen (secondary N) is 1. The van der Waals surface area contributed by atoms with E-state index in [1.807, 2.05) is 43.1 Å². The van der Waals surface area contributed by atoms with Crippen LogP contribution in [0.4, 0.5) is 0 Å². The molecule has 23 heavy (non-hydrogen) atoms. The SMILES string of the molecule is CCOc1ccc(C(CN2CCNCC2)N(C)CC(=O)O)cc1. The Hall–Kier alpha value is -1.63. The Balaban J connectivity index is 2.11. The highest BCUT2D eigenvalue weighted by Gasteiger charge is 2.23. The molecule has 1 saturated heterocycles. The van der Waals surface area contributed by atoms with Crippen LogP contribution in [0.5, 0.6) is 5.75 Å². The number of nitrogens with zero attached hydrogens (tertiary/aromatic N) is 2. The molecule has 1 fully saturated rings. The lowest BCUT2D eigenvalue weighted by Gasteiger charge is -2.35. The van der Waals surface area contributed by atoms with Gasteiger partial charge in [0.2, 0.25) is 0 Å². The summed E-state index contributed by atoms with van der Waals surface area (Å²) in [6.07, 6.45) is 0. The maximum atomic E-state index is 11.1. The lowest BCUT2D eigenvalue weighted by Crippen LogP contribution is -2.47. The van der Waals surface area contributed by atoms with Gasteiger partial charge in [-0.05, 0) is 31.7 Å². The lowest BCUT2D eigenvalue weighted by molar-refractivity contribution is -0.138. The van der Waals surface area contributed by atoms with Crippen molar-refractivity contribution in [2.45, 2.75) is 13.0 Å². The maximum Gasteiger partial charge on any atom is 0.317 e. The van der Waals surface area contributed by atoms with Gasteiger partial charge in [-0.2, -0.15) is 0 Å². The zero-order chi connectivity index (χ0) is 16.7. The van der Waals surface area contributed by atoms with E-state index in [4.69, 9.17) is 9.84 Å². The molecule has 0 radical (unpaired) electrons. The quantitative estimate of drug-likeness (QED) is 0.746. The molecule has 1 heterocycles. The van der Waals surface area contributed by atoms with Gasteiger partial charge in [-0.25, -0.2) is 0 Å². The summed E-state index contributed by atoms with van der Waals surface area (Å²) in [6.45, 7) is 7.42. The Morgan fingerprint density at radius 3 is 2.57 bits per heavy atom. The van der Waals surface area contributed by atoms with Gasteiger partial charge in [0.1, 0.15) is 5.75 Å². The van der Waals surface area contributed by atoms with Crippen molar-refractivity contribution in [1.29, 1.82) is 0 Å². The molecule has 1 aromatic rings. The predicted molar refractivity (Wildman–Crippen MR) is 89.9 cm³/mol. The van der Waals surface area contributed by atoms with Gasteiger partial charge in [-0.15, -0.1) is 0 Å². The number of likely N-dealkylation sites (N-methyl/N-ethyl adjacent to an activating group) is 1. The first-order valence-electron chi connectivity index (χ1n) is 8.18. The van der Waals surface area contributed by atoms with Crippen LogP contribution >= 0.6 is 0 Å². The molecule has 0 bridgehead atoms. The largest absolute Gasteiger partial charge is 0.494 e. The Morgan fingerprint density at radius 1 is 1.35 bits per heavy atom. The zero-order valence-electron chi connectivity index (χ0n) is 14.0. The van der Waals surface area contributed by atoms with E-state index in [0.717, 1.165) is 44.0 Å². The van der Waals surface area contributed by atoms with Crippen molar-refractivity contribution in [3.05, 3.63) is 29.8 Å². The van der Waals surface area contributed by atoms with Crippen LogP contribution in [0.25, 0.3) is 0 Å². The van der Waals surface area contributed by atoms with Crippen molar-refractivity contribution >= 4 is 5.97 Å². The molecule has 6 heteroatoms. The highest BCUT2D eigenvalue weighted by atomic mass is 16.5. The molecular formula is C17H27N3O3. The van der Waals surface area contributed by atoms with Gasteiger partial charge in [0.05, 0.1) is 13.2 Å². The van der Waals surface area contributed by atoms with E-state index in [1.165, 1.54) is 0 Å². The molecule has 1 aromatic carbocycles. The molecular weight excluding hydrogens is 294 g/mol. The molecule has 6 nitrogen and oxygen atoms in total. The number of carboxylic acid groups (broad SMARTS) is 1. The fourth-order valence-electron chi connectivity index (χ4n) is 2.91. The molecule has 128 valence electrons. The van der Waals surface area contributed by atoms with Gasteiger partial charge in [-0.1, -0.05) is 12.1 Å².